The second-order valence-corrected chi connectivity index (χ2v) is 6.12. The highest BCUT2D eigenvalue weighted by Gasteiger charge is 2.20. The van der Waals surface area contributed by atoms with Crippen molar-refractivity contribution in [3.05, 3.63) is 53.3 Å². The summed E-state index contributed by atoms with van der Waals surface area (Å²) in [6.07, 6.45) is 2.17. The van der Waals surface area contributed by atoms with E-state index < -0.39 is 0 Å². The number of rotatable bonds is 7. The summed E-state index contributed by atoms with van der Waals surface area (Å²) in [6, 6.07) is 10.00. The molecule has 23 heavy (non-hydrogen) atoms. The topological polar surface area (TPSA) is 67.2 Å². The van der Waals surface area contributed by atoms with Crippen LogP contribution < -0.4 is 5.32 Å². The molecular weight excluding hydrogens is 290 g/mol. The van der Waals surface area contributed by atoms with Crippen LogP contribution in [0.25, 0.3) is 0 Å². The smallest absolute Gasteiger partial charge is 0.254 e. The molecule has 0 saturated heterocycles. The Morgan fingerprint density at radius 1 is 1.30 bits per heavy atom. The van der Waals surface area contributed by atoms with Crippen molar-refractivity contribution in [1.29, 1.82) is 0 Å². The van der Waals surface area contributed by atoms with Crippen molar-refractivity contribution < 1.29 is 9.90 Å². The van der Waals surface area contributed by atoms with E-state index in [9.17, 15) is 4.79 Å². The van der Waals surface area contributed by atoms with E-state index in [0.29, 0.717) is 18.5 Å². The number of aromatic nitrogens is 2. The molecule has 0 saturated carbocycles. The fourth-order valence-electron chi connectivity index (χ4n) is 2.54. The van der Waals surface area contributed by atoms with Crippen LogP contribution in [0.4, 0.5) is 0 Å². The van der Waals surface area contributed by atoms with Crippen LogP contribution in [-0.4, -0.2) is 33.4 Å². The molecule has 1 unspecified atom stereocenters. The molecule has 1 aromatic heterocycles. The number of nitrogens with zero attached hydrogens (tertiary/aromatic N) is 2. The van der Waals surface area contributed by atoms with Crippen LogP contribution in [0.1, 0.15) is 41.9 Å². The van der Waals surface area contributed by atoms with Crippen molar-refractivity contribution in [2.75, 3.05) is 6.61 Å². The minimum absolute atomic E-state index is 0.0376. The van der Waals surface area contributed by atoms with Crippen LogP contribution in [-0.2, 0) is 6.54 Å². The number of carbonyl (C=O) groups is 1. The average molecular weight is 315 g/mol. The Bertz CT molecular complexity index is 635. The number of aliphatic hydroxyl groups excluding tert-OH is 1. The van der Waals surface area contributed by atoms with Crippen LogP contribution >= 0.6 is 0 Å². The third-order valence-corrected chi connectivity index (χ3v) is 4.08. The monoisotopic (exact) mass is 315 g/mol. The van der Waals surface area contributed by atoms with Gasteiger partial charge in [0.15, 0.2) is 0 Å². The fourth-order valence-corrected chi connectivity index (χ4v) is 2.54. The van der Waals surface area contributed by atoms with Gasteiger partial charge in [0.05, 0.1) is 18.3 Å². The van der Waals surface area contributed by atoms with E-state index in [2.05, 4.69) is 10.4 Å². The molecule has 0 radical (unpaired) electrons. The van der Waals surface area contributed by atoms with Gasteiger partial charge in [0.25, 0.3) is 5.91 Å². The lowest BCUT2D eigenvalue weighted by atomic mass is 10.0. The maximum atomic E-state index is 12.5. The van der Waals surface area contributed by atoms with Gasteiger partial charge in [-0.1, -0.05) is 44.2 Å². The molecular formula is C18H25N3O2. The molecule has 2 N–H and O–H groups in total. The number of hydrogen-bond donors (Lipinski definition) is 2. The molecule has 5 nitrogen and oxygen atoms in total. The number of amides is 1. The van der Waals surface area contributed by atoms with E-state index in [1.54, 1.807) is 6.20 Å². The Balaban J connectivity index is 2.10. The maximum absolute atomic E-state index is 12.5. The average Bonchev–Trinajstić information content (AvgIpc) is 2.89. The molecule has 0 fully saturated rings. The van der Waals surface area contributed by atoms with Gasteiger partial charge in [-0.05, 0) is 24.8 Å². The molecule has 0 aliphatic rings. The van der Waals surface area contributed by atoms with Crippen LogP contribution in [0.5, 0.6) is 0 Å². The largest absolute Gasteiger partial charge is 0.396 e. The van der Waals surface area contributed by atoms with E-state index in [4.69, 9.17) is 5.11 Å². The summed E-state index contributed by atoms with van der Waals surface area (Å²) in [4.78, 5) is 12.5. The highest BCUT2D eigenvalue weighted by atomic mass is 16.3. The van der Waals surface area contributed by atoms with E-state index in [1.165, 1.54) is 0 Å². The molecule has 0 spiro atoms. The lowest BCUT2D eigenvalue weighted by Crippen LogP contribution is -2.39. The van der Waals surface area contributed by atoms with Crippen molar-refractivity contribution in [3.8, 4) is 0 Å². The zero-order valence-electron chi connectivity index (χ0n) is 14.0. The first-order valence-electron chi connectivity index (χ1n) is 8.01. The second kappa shape index (κ2) is 7.92. The molecule has 1 amide bonds. The number of hydrogen-bond acceptors (Lipinski definition) is 3. The third kappa shape index (κ3) is 4.42. The number of aliphatic hydroxyl groups is 1. The first kappa shape index (κ1) is 17.2. The van der Waals surface area contributed by atoms with Gasteiger partial charge in [-0.2, -0.15) is 5.10 Å². The minimum atomic E-state index is -0.131. The Hall–Kier alpha value is -2.14. The second-order valence-electron chi connectivity index (χ2n) is 6.12. The van der Waals surface area contributed by atoms with Crippen LogP contribution in [0, 0.1) is 12.8 Å². The van der Waals surface area contributed by atoms with Gasteiger partial charge >= 0.3 is 0 Å². The molecule has 0 aliphatic heterocycles. The highest BCUT2D eigenvalue weighted by Crippen LogP contribution is 2.12. The number of benzene rings is 1. The molecule has 1 aromatic carbocycles. The Kier molecular flexibility index (Phi) is 5.93. The Morgan fingerprint density at radius 3 is 2.61 bits per heavy atom. The SMILES string of the molecule is Cc1c(C(=O)NC(CCO)C(C)C)cnn1Cc1ccccc1. The summed E-state index contributed by atoms with van der Waals surface area (Å²) in [6.45, 7) is 6.68. The normalized spacial score (nSPS) is 12.4. The molecule has 2 aromatic rings. The van der Waals surface area contributed by atoms with E-state index in [0.717, 1.165) is 11.3 Å². The van der Waals surface area contributed by atoms with Crippen molar-refractivity contribution in [2.45, 2.75) is 39.8 Å². The van der Waals surface area contributed by atoms with Crippen molar-refractivity contribution >= 4 is 5.91 Å². The summed E-state index contributed by atoms with van der Waals surface area (Å²) < 4.78 is 1.83. The van der Waals surface area contributed by atoms with Crippen molar-refractivity contribution in [2.24, 2.45) is 5.92 Å². The first-order chi connectivity index (χ1) is 11.0. The Morgan fingerprint density at radius 2 is 2.00 bits per heavy atom. The van der Waals surface area contributed by atoms with Gasteiger partial charge in [-0.3, -0.25) is 9.48 Å². The van der Waals surface area contributed by atoms with Gasteiger partial charge in [-0.15, -0.1) is 0 Å². The van der Waals surface area contributed by atoms with E-state index in [-0.39, 0.29) is 24.5 Å². The summed E-state index contributed by atoms with van der Waals surface area (Å²) in [5.74, 6) is 0.139. The summed E-state index contributed by atoms with van der Waals surface area (Å²) >= 11 is 0. The quantitative estimate of drug-likeness (QED) is 0.824. The predicted molar refractivity (Wildman–Crippen MR) is 90.3 cm³/mol. The van der Waals surface area contributed by atoms with Gasteiger partial charge < -0.3 is 10.4 Å². The molecule has 5 heteroatoms. The summed E-state index contributed by atoms with van der Waals surface area (Å²) in [5.41, 5.74) is 2.58. The molecule has 124 valence electrons. The van der Waals surface area contributed by atoms with Gasteiger partial charge in [0.1, 0.15) is 0 Å². The van der Waals surface area contributed by atoms with E-state index in [1.807, 2.05) is 55.8 Å². The number of nitrogens with one attached hydrogen (secondary N) is 1. The molecule has 0 aliphatic carbocycles. The lowest BCUT2D eigenvalue weighted by Gasteiger charge is -2.21. The molecule has 1 atom stereocenters. The fraction of sp³-hybridized carbons (Fsp3) is 0.444. The molecule has 1 heterocycles. The van der Waals surface area contributed by atoms with Gasteiger partial charge in [0.2, 0.25) is 0 Å². The summed E-state index contributed by atoms with van der Waals surface area (Å²) in [5, 5.41) is 16.5. The van der Waals surface area contributed by atoms with Crippen molar-refractivity contribution in [1.82, 2.24) is 15.1 Å². The van der Waals surface area contributed by atoms with Crippen LogP contribution in [0.3, 0.4) is 0 Å². The minimum Gasteiger partial charge on any atom is -0.396 e. The molecule has 0 bridgehead atoms. The highest BCUT2D eigenvalue weighted by molar-refractivity contribution is 5.95. The third-order valence-electron chi connectivity index (χ3n) is 4.08. The predicted octanol–water partition coefficient (Wildman–Crippen LogP) is 2.38. The first-order valence-corrected chi connectivity index (χ1v) is 8.01. The van der Waals surface area contributed by atoms with Gasteiger partial charge in [-0.25, -0.2) is 0 Å². The zero-order valence-corrected chi connectivity index (χ0v) is 14.0. The van der Waals surface area contributed by atoms with E-state index >= 15 is 0 Å². The summed E-state index contributed by atoms with van der Waals surface area (Å²) in [7, 11) is 0. The Labute approximate surface area is 137 Å². The van der Waals surface area contributed by atoms with Gasteiger partial charge in [0, 0.05) is 18.3 Å². The lowest BCUT2D eigenvalue weighted by molar-refractivity contribution is 0.0916. The molecule has 2 rings (SSSR count). The number of carbonyl (C=O) groups excluding carboxylic acids is 1. The maximum Gasteiger partial charge on any atom is 0.254 e. The van der Waals surface area contributed by atoms with Crippen LogP contribution in [0.2, 0.25) is 0 Å². The standard InChI is InChI=1S/C18H25N3O2/c1-13(2)17(9-10-22)20-18(23)16-11-19-21(14(16)3)12-15-7-5-4-6-8-15/h4-8,11,13,17,22H,9-10,12H2,1-3H3,(H,20,23). The zero-order chi connectivity index (χ0) is 16.8. The van der Waals surface area contributed by atoms with Crippen molar-refractivity contribution in [3.63, 3.8) is 0 Å². The van der Waals surface area contributed by atoms with Crippen LogP contribution in [0.15, 0.2) is 36.5 Å².